The maximum absolute atomic E-state index is 13.8. The number of nitrogens with zero attached hydrogens (tertiary/aromatic N) is 4. The van der Waals surface area contributed by atoms with E-state index in [1.165, 1.54) is 13.0 Å². The van der Waals surface area contributed by atoms with Gasteiger partial charge in [-0.1, -0.05) is 12.1 Å². The molecular formula is C23H19F3N6O2. The van der Waals surface area contributed by atoms with Gasteiger partial charge in [0, 0.05) is 11.3 Å². The summed E-state index contributed by atoms with van der Waals surface area (Å²) < 4.78 is 42.5. The standard InChI is InChI=1S/C23H19F3N6O2/c1-12-19(30-22(34)16-9-18(21(28)33)29-17-4-2-3-15(16)17)20(23(24,25)26)31-32(12)11-14-7-5-13(10-27)6-8-14/h5-9H,2-4,11H2,1H3,(H2,28,33)(H,30,34). The highest BCUT2D eigenvalue weighted by molar-refractivity contribution is 6.07. The summed E-state index contributed by atoms with van der Waals surface area (Å²) in [6.07, 6.45) is -3.04. The predicted molar refractivity (Wildman–Crippen MR) is 115 cm³/mol. The number of nitrogens with one attached hydrogen (secondary N) is 1. The fraction of sp³-hybridized carbons (Fsp3) is 0.261. The molecule has 2 heterocycles. The van der Waals surface area contributed by atoms with Crippen molar-refractivity contribution < 1.29 is 22.8 Å². The van der Waals surface area contributed by atoms with Crippen molar-refractivity contribution in [2.45, 2.75) is 38.9 Å². The third-order valence-electron chi connectivity index (χ3n) is 5.68. The second kappa shape index (κ2) is 8.62. The topological polar surface area (TPSA) is 127 Å². The van der Waals surface area contributed by atoms with Gasteiger partial charge >= 0.3 is 6.18 Å². The van der Waals surface area contributed by atoms with E-state index in [0.29, 0.717) is 41.6 Å². The third kappa shape index (κ3) is 4.34. The highest BCUT2D eigenvalue weighted by Crippen LogP contribution is 2.36. The maximum atomic E-state index is 13.8. The molecule has 0 spiro atoms. The van der Waals surface area contributed by atoms with Crippen molar-refractivity contribution in [2.75, 3.05) is 5.32 Å². The number of primary amides is 1. The molecule has 0 aliphatic heterocycles. The SMILES string of the molecule is Cc1c(NC(=O)c2cc(C(N)=O)nc3c2CCC3)c(C(F)(F)F)nn1Cc1ccc(C#N)cc1. The lowest BCUT2D eigenvalue weighted by molar-refractivity contribution is -0.140. The first-order valence-electron chi connectivity index (χ1n) is 10.4. The van der Waals surface area contributed by atoms with Gasteiger partial charge in [0.15, 0.2) is 5.69 Å². The van der Waals surface area contributed by atoms with Crippen LogP contribution in [0.1, 0.15) is 61.0 Å². The van der Waals surface area contributed by atoms with Crippen LogP contribution >= 0.6 is 0 Å². The van der Waals surface area contributed by atoms with E-state index in [-0.39, 0.29) is 23.5 Å². The molecule has 0 saturated heterocycles. The first-order chi connectivity index (χ1) is 16.1. The van der Waals surface area contributed by atoms with E-state index >= 15 is 0 Å². The monoisotopic (exact) mass is 468 g/mol. The number of benzene rings is 1. The Bertz CT molecular complexity index is 1340. The number of alkyl halides is 3. The number of carbonyl (C=O) groups excluding carboxylic acids is 2. The number of fused-ring (bicyclic) bond motifs is 1. The molecule has 174 valence electrons. The van der Waals surface area contributed by atoms with Crippen molar-refractivity contribution in [1.82, 2.24) is 14.8 Å². The number of halogens is 3. The molecule has 1 aromatic carbocycles. The summed E-state index contributed by atoms with van der Waals surface area (Å²) in [5, 5.41) is 15.0. The number of nitriles is 1. The van der Waals surface area contributed by atoms with E-state index in [4.69, 9.17) is 11.0 Å². The van der Waals surface area contributed by atoms with Crippen molar-refractivity contribution in [2.24, 2.45) is 5.73 Å². The van der Waals surface area contributed by atoms with Crippen LogP contribution in [0.4, 0.5) is 18.9 Å². The summed E-state index contributed by atoms with van der Waals surface area (Å²) in [5.74, 6) is -1.62. The lowest BCUT2D eigenvalue weighted by Gasteiger charge is -2.12. The van der Waals surface area contributed by atoms with Crippen molar-refractivity contribution >= 4 is 17.5 Å². The molecule has 4 rings (SSSR count). The van der Waals surface area contributed by atoms with Gasteiger partial charge in [-0.25, -0.2) is 4.98 Å². The Hall–Kier alpha value is -4.20. The summed E-state index contributed by atoms with van der Waals surface area (Å²) in [4.78, 5) is 28.9. The summed E-state index contributed by atoms with van der Waals surface area (Å²) in [7, 11) is 0. The van der Waals surface area contributed by atoms with Crippen LogP contribution in [-0.4, -0.2) is 26.6 Å². The molecule has 1 aliphatic rings. The quantitative estimate of drug-likeness (QED) is 0.594. The molecule has 3 aromatic rings. The van der Waals surface area contributed by atoms with Crippen LogP contribution in [-0.2, 0) is 25.6 Å². The molecule has 0 bridgehead atoms. The Balaban J connectivity index is 1.71. The minimum absolute atomic E-state index is 0.00692. The van der Waals surface area contributed by atoms with Crippen LogP contribution < -0.4 is 11.1 Å². The van der Waals surface area contributed by atoms with Gasteiger partial charge in [-0.05, 0) is 55.5 Å². The number of nitrogens with two attached hydrogens (primary N) is 1. The number of hydrogen-bond acceptors (Lipinski definition) is 5. The smallest absolute Gasteiger partial charge is 0.364 e. The molecule has 11 heteroatoms. The Labute approximate surface area is 192 Å². The second-order valence-electron chi connectivity index (χ2n) is 7.93. The lowest BCUT2D eigenvalue weighted by Crippen LogP contribution is -2.21. The summed E-state index contributed by atoms with van der Waals surface area (Å²) >= 11 is 0. The molecule has 8 nitrogen and oxygen atoms in total. The van der Waals surface area contributed by atoms with Crippen LogP contribution in [0.3, 0.4) is 0 Å². The zero-order chi connectivity index (χ0) is 24.6. The second-order valence-corrected chi connectivity index (χ2v) is 7.93. The molecule has 34 heavy (non-hydrogen) atoms. The Kier molecular flexibility index (Phi) is 5.83. The van der Waals surface area contributed by atoms with E-state index in [0.717, 1.165) is 4.68 Å². The lowest BCUT2D eigenvalue weighted by atomic mass is 10.0. The van der Waals surface area contributed by atoms with Gasteiger partial charge in [0.25, 0.3) is 11.8 Å². The fourth-order valence-corrected chi connectivity index (χ4v) is 3.96. The van der Waals surface area contributed by atoms with Crippen LogP contribution in [0.25, 0.3) is 0 Å². The van der Waals surface area contributed by atoms with Crippen molar-refractivity contribution in [1.29, 1.82) is 5.26 Å². The Morgan fingerprint density at radius 2 is 1.94 bits per heavy atom. The Morgan fingerprint density at radius 3 is 2.56 bits per heavy atom. The van der Waals surface area contributed by atoms with Gasteiger partial charge in [0.2, 0.25) is 0 Å². The normalized spacial score (nSPS) is 12.8. The number of carbonyl (C=O) groups is 2. The molecule has 2 aromatic heterocycles. The van der Waals surface area contributed by atoms with E-state index in [1.54, 1.807) is 24.3 Å². The van der Waals surface area contributed by atoms with E-state index in [9.17, 15) is 22.8 Å². The highest BCUT2D eigenvalue weighted by Gasteiger charge is 2.39. The number of rotatable bonds is 5. The number of anilines is 1. The van der Waals surface area contributed by atoms with Gasteiger partial charge in [-0.2, -0.15) is 23.5 Å². The molecule has 2 amide bonds. The van der Waals surface area contributed by atoms with E-state index in [1.807, 2.05) is 6.07 Å². The summed E-state index contributed by atoms with van der Waals surface area (Å²) in [5.41, 5.74) is 5.88. The number of hydrogen-bond donors (Lipinski definition) is 2. The molecule has 0 atom stereocenters. The average molecular weight is 468 g/mol. The van der Waals surface area contributed by atoms with Crippen molar-refractivity contribution in [3.05, 3.63) is 75.4 Å². The molecule has 0 fully saturated rings. The average Bonchev–Trinajstić information content (AvgIpc) is 3.38. The number of amides is 2. The third-order valence-corrected chi connectivity index (χ3v) is 5.68. The van der Waals surface area contributed by atoms with Crippen LogP contribution in [0.5, 0.6) is 0 Å². The van der Waals surface area contributed by atoms with Crippen molar-refractivity contribution in [3.63, 3.8) is 0 Å². The van der Waals surface area contributed by atoms with Crippen molar-refractivity contribution in [3.8, 4) is 6.07 Å². The number of aryl methyl sites for hydroxylation is 1. The van der Waals surface area contributed by atoms with Gasteiger partial charge in [-0.15, -0.1) is 0 Å². The van der Waals surface area contributed by atoms with Crippen LogP contribution in [0.2, 0.25) is 0 Å². The largest absolute Gasteiger partial charge is 0.437 e. The number of pyridine rings is 1. The zero-order valence-electron chi connectivity index (χ0n) is 18.0. The van der Waals surface area contributed by atoms with E-state index in [2.05, 4.69) is 15.4 Å². The van der Waals surface area contributed by atoms with Gasteiger partial charge in [0.1, 0.15) is 5.69 Å². The first-order valence-corrected chi connectivity index (χ1v) is 10.4. The predicted octanol–water partition coefficient (Wildman–Crippen LogP) is 3.37. The minimum Gasteiger partial charge on any atom is -0.364 e. The van der Waals surface area contributed by atoms with Gasteiger partial charge < -0.3 is 11.1 Å². The number of aromatic nitrogens is 3. The summed E-state index contributed by atoms with van der Waals surface area (Å²) in [6.45, 7) is 1.43. The van der Waals surface area contributed by atoms with Crippen LogP contribution in [0, 0.1) is 18.3 Å². The fourth-order valence-electron chi connectivity index (χ4n) is 3.96. The first kappa shape index (κ1) is 23.0. The zero-order valence-corrected chi connectivity index (χ0v) is 18.0. The van der Waals surface area contributed by atoms with Crippen LogP contribution in [0.15, 0.2) is 30.3 Å². The molecule has 0 radical (unpaired) electrons. The van der Waals surface area contributed by atoms with Gasteiger partial charge in [0.05, 0.1) is 29.6 Å². The molecule has 0 unspecified atom stereocenters. The highest BCUT2D eigenvalue weighted by atomic mass is 19.4. The molecular weight excluding hydrogens is 449 g/mol. The molecule has 0 saturated carbocycles. The molecule has 1 aliphatic carbocycles. The maximum Gasteiger partial charge on any atom is 0.437 e. The Morgan fingerprint density at radius 1 is 1.24 bits per heavy atom. The minimum atomic E-state index is -4.82. The summed E-state index contributed by atoms with van der Waals surface area (Å²) in [6, 6.07) is 9.55. The molecule has 3 N–H and O–H groups in total. The van der Waals surface area contributed by atoms with E-state index < -0.39 is 29.4 Å². The van der Waals surface area contributed by atoms with Gasteiger partial charge in [-0.3, -0.25) is 14.3 Å².